The van der Waals surface area contributed by atoms with E-state index in [1.807, 2.05) is 0 Å². The van der Waals surface area contributed by atoms with Gasteiger partial charge in [0.15, 0.2) is 0 Å². The van der Waals surface area contributed by atoms with E-state index in [9.17, 15) is 0 Å². The van der Waals surface area contributed by atoms with E-state index in [0.717, 1.165) is 6.42 Å². The van der Waals surface area contributed by atoms with Crippen molar-refractivity contribution in [2.75, 3.05) is 0 Å². The van der Waals surface area contributed by atoms with Gasteiger partial charge in [0.2, 0.25) is 0 Å². The Labute approximate surface area is 69.5 Å². The Bertz CT molecular complexity index is 23.6. The van der Waals surface area contributed by atoms with Crippen LogP contribution in [0, 0.1) is 13.8 Å². The molecule has 0 aliphatic carbocycles. The zero-order chi connectivity index (χ0) is 6.12. The maximum atomic E-state index is 3.60. The normalized spacial score (nSPS) is 5.25. The molecule has 0 nitrogen and oxygen atoms in total. The van der Waals surface area contributed by atoms with Crippen LogP contribution in [-0.2, 0) is 0 Å². The van der Waals surface area contributed by atoms with Gasteiger partial charge in [0, 0.05) is 0 Å². The third-order valence-electron chi connectivity index (χ3n) is 0.354. The summed E-state index contributed by atoms with van der Waals surface area (Å²) in [5.74, 6) is 0. The van der Waals surface area contributed by atoms with Gasteiger partial charge in [0.1, 0.15) is 0 Å². The van der Waals surface area contributed by atoms with Gasteiger partial charge in [-0.15, -0.1) is 0 Å². The molecule has 0 fully saturated rings. The minimum Gasteiger partial charge on any atom is -0.343 e. The third-order valence-corrected chi connectivity index (χ3v) is 0.354. The van der Waals surface area contributed by atoms with Crippen LogP contribution in [0.2, 0.25) is 0 Å². The van der Waals surface area contributed by atoms with Crippen molar-refractivity contribution in [1.82, 2.24) is 0 Å². The Morgan fingerprint density at radius 1 is 1.62 bits per heavy atom. The molecule has 0 heterocycles. The van der Waals surface area contributed by atoms with Crippen LogP contribution in [0.1, 0.15) is 19.8 Å². The first kappa shape index (κ1) is 15.8. The van der Waals surface area contributed by atoms with Gasteiger partial charge in [-0.25, -0.2) is 19.6 Å². The fourth-order valence-corrected chi connectivity index (χ4v) is 0. The summed E-state index contributed by atoms with van der Waals surface area (Å²) in [5, 5.41) is 0. The molecular weight excluding hydrogens is 108 g/mol. The maximum Gasteiger partial charge on any atom is 2.00 e. The minimum atomic E-state index is 0. The maximum absolute atomic E-state index is 3.60. The number of hydrogen-bond acceptors (Lipinski definition) is 0. The predicted octanol–water partition coefficient (Wildman–Crippen LogP) is 2.25. The van der Waals surface area contributed by atoms with E-state index in [1.165, 1.54) is 12.5 Å². The van der Waals surface area contributed by atoms with E-state index in [4.69, 9.17) is 0 Å². The molecule has 0 aliphatic rings. The van der Waals surface area contributed by atoms with Crippen LogP contribution in [-0.4, -0.2) is 23.1 Å². The van der Waals surface area contributed by atoms with E-state index in [1.54, 1.807) is 0 Å². The van der Waals surface area contributed by atoms with Crippen LogP contribution in [0.5, 0.6) is 0 Å². The summed E-state index contributed by atoms with van der Waals surface area (Å²) >= 11 is 0. The topological polar surface area (TPSA) is 0 Å². The molecule has 0 saturated carbocycles. The van der Waals surface area contributed by atoms with Crippen molar-refractivity contribution < 1.29 is 0 Å². The van der Waals surface area contributed by atoms with Gasteiger partial charge >= 0.3 is 23.1 Å². The number of allylic oxidation sites excluding steroid dienone is 1. The molecule has 0 aromatic rings. The van der Waals surface area contributed by atoms with Gasteiger partial charge < -0.3 is 6.92 Å². The number of hydrogen-bond donors (Lipinski definition) is 0. The first-order chi connectivity index (χ1) is 3.33. The van der Waals surface area contributed by atoms with Gasteiger partial charge in [-0.05, 0) is 0 Å². The van der Waals surface area contributed by atoms with E-state index in [-0.39, 0.29) is 23.1 Å². The molecule has 0 saturated heterocycles. The molecule has 0 atom stereocenters. The van der Waals surface area contributed by atoms with E-state index < -0.39 is 0 Å². The standard InChI is InChI=1S/C4H9.C3H5.Mg/c1-3-4-2;1-3-2;/h1,3-4H2,2H3;3H,1-2H2;/q2*-1;+2. The van der Waals surface area contributed by atoms with Gasteiger partial charge in [-0.2, -0.15) is 6.42 Å². The van der Waals surface area contributed by atoms with Crippen molar-refractivity contribution in [3.05, 3.63) is 26.5 Å². The second kappa shape index (κ2) is 26.3. The first-order valence-electron chi connectivity index (χ1n) is 2.52. The fraction of sp³-hybridized carbons (Fsp3) is 0.429. The molecule has 8 heavy (non-hydrogen) atoms. The zero-order valence-corrected chi connectivity index (χ0v) is 7.23. The largest absolute Gasteiger partial charge is 2.00 e. The summed E-state index contributed by atoms with van der Waals surface area (Å²) in [6.45, 7) is 12.2. The Balaban J connectivity index is -0.0000000575. The predicted molar refractivity (Wildman–Crippen MR) is 41.6 cm³/mol. The van der Waals surface area contributed by atoms with Gasteiger partial charge in [0.25, 0.3) is 0 Å². The molecule has 0 N–H and O–H groups in total. The van der Waals surface area contributed by atoms with Crippen LogP contribution < -0.4 is 0 Å². The fourth-order valence-electron chi connectivity index (χ4n) is 0. The number of rotatable bonds is 1. The molecule has 0 aromatic carbocycles. The molecule has 0 spiro atoms. The van der Waals surface area contributed by atoms with Gasteiger partial charge in [-0.1, -0.05) is 13.3 Å². The van der Waals surface area contributed by atoms with Gasteiger partial charge in [-0.3, -0.25) is 0 Å². The third kappa shape index (κ3) is 97.3. The summed E-state index contributed by atoms with van der Waals surface area (Å²) in [4.78, 5) is 0. The molecule has 0 aromatic heterocycles. The van der Waals surface area contributed by atoms with Crippen LogP contribution >= 0.6 is 0 Å². The van der Waals surface area contributed by atoms with Crippen molar-refractivity contribution in [2.45, 2.75) is 19.8 Å². The van der Waals surface area contributed by atoms with Crippen molar-refractivity contribution in [1.29, 1.82) is 0 Å². The second-order valence-corrected chi connectivity index (χ2v) is 1.14. The second-order valence-electron chi connectivity index (χ2n) is 1.14. The monoisotopic (exact) mass is 122 g/mol. The van der Waals surface area contributed by atoms with Crippen molar-refractivity contribution in [3.63, 3.8) is 0 Å². The SMILES string of the molecule is C=C[CH2-].[CH2-]CCC.[Mg+2]. The van der Waals surface area contributed by atoms with E-state index in [0.29, 0.717) is 0 Å². The average molecular weight is 122 g/mol. The van der Waals surface area contributed by atoms with E-state index in [2.05, 4.69) is 27.4 Å². The van der Waals surface area contributed by atoms with Gasteiger partial charge in [0.05, 0.1) is 0 Å². The Morgan fingerprint density at radius 3 is 1.75 bits per heavy atom. The first-order valence-corrected chi connectivity index (χ1v) is 2.52. The zero-order valence-electron chi connectivity index (χ0n) is 5.82. The summed E-state index contributed by atoms with van der Waals surface area (Å²) in [6.07, 6.45) is 3.78. The molecule has 0 unspecified atom stereocenters. The molecule has 0 radical (unpaired) electrons. The summed E-state index contributed by atoms with van der Waals surface area (Å²) in [5.41, 5.74) is 0. The van der Waals surface area contributed by atoms with Crippen molar-refractivity contribution in [3.8, 4) is 0 Å². The Kier molecular flexibility index (Phi) is 51.9. The molecule has 0 rings (SSSR count). The molecule has 1 heteroatoms. The number of unbranched alkanes of at least 4 members (excludes halogenated alkanes) is 1. The minimum absolute atomic E-state index is 0. The van der Waals surface area contributed by atoms with Crippen LogP contribution in [0.15, 0.2) is 12.7 Å². The van der Waals surface area contributed by atoms with E-state index >= 15 is 0 Å². The smallest absolute Gasteiger partial charge is 0.343 e. The molecule has 0 aliphatic heterocycles. The molecule has 44 valence electrons. The Morgan fingerprint density at radius 2 is 1.75 bits per heavy atom. The van der Waals surface area contributed by atoms with Crippen LogP contribution in [0.25, 0.3) is 0 Å². The molecule has 0 amide bonds. The summed E-state index contributed by atoms with van der Waals surface area (Å²) in [6, 6.07) is 0. The quantitative estimate of drug-likeness (QED) is 0.370. The molecule has 0 bridgehead atoms. The average Bonchev–Trinajstić information content (AvgIpc) is 1.69. The van der Waals surface area contributed by atoms with Crippen molar-refractivity contribution in [2.24, 2.45) is 0 Å². The Hall–Kier alpha value is 0.376. The summed E-state index contributed by atoms with van der Waals surface area (Å²) in [7, 11) is 0. The van der Waals surface area contributed by atoms with Crippen molar-refractivity contribution >= 4 is 23.1 Å². The summed E-state index contributed by atoms with van der Waals surface area (Å²) < 4.78 is 0. The van der Waals surface area contributed by atoms with Crippen LogP contribution in [0.4, 0.5) is 0 Å². The molecular formula is C7H14Mg. The van der Waals surface area contributed by atoms with Crippen LogP contribution in [0.3, 0.4) is 0 Å².